The molecule has 2 aliphatic rings. The van der Waals surface area contributed by atoms with E-state index in [9.17, 15) is 14.4 Å². The van der Waals surface area contributed by atoms with E-state index in [1.165, 1.54) is 11.8 Å². The van der Waals surface area contributed by atoms with Crippen LogP contribution in [0, 0.1) is 5.92 Å². The van der Waals surface area contributed by atoms with Crippen LogP contribution in [0.1, 0.15) is 18.4 Å². The standard InChI is InChI=1S/C22H22BrN3O3S/c23-16-7-5-14(6-8-16)13-24-20(27)15-9-11-26(12-10-15)22(29)19-21(28)25-17-3-1-2-4-18(17)30-19/h1-8,15,19H,9-13H2,(H,24,27)(H,25,28). The molecule has 3 amide bonds. The van der Waals surface area contributed by atoms with Crippen molar-refractivity contribution in [3.05, 3.63) is 58.6 Å². The maximum Gasteiger partial charge on any atom is 0.247 e. The topological polar surface area (TPSA) is 78.5 Å². The number of carbonyl (C=O) groups is 3. The molecule has 8 heteroatoms. The number of anilines is 1. The van der Waals surface area contributed by atoms with E-state index >= 15 is 0 Å². The highest BCUT2D eigenvalue weighted by molar-refractivity contribution is 9.10. The lowest BCUT2D eigenvalue weighted by Crippen LogP contribution is -2.49. The molecule has 2 aromatic rings. The van der Waals surface area contributed by atoms with E-state index in [4.69, 9.17) is 0 Å². The Morgan fingerprint density at radius 1 is 1.10 bits per heavy atom. The number of para-hydroxylation sites is 1. The van der Waals surface area contributed by atoms with Crippen molar-refractivity contribution in [1.29, 1.82) is 0 Å². The third-order valence-electron chi connectivity index (χ3n) is 5.41. The SMILES string of the molecule is O=C(NCc1ccc(Br)cc1)C1CCN(C(=O)C2Sc3ccccc3NC2=O)CC1. The number of hydrogen-bond acceptors (Lipinski definition) is 4. The number of piperidine rings is 1. The molecule has 0 aromatic heterocycles. The van der Waals surface area contributed by atoms with Crippen LogP contribution in [-0.2, 0) is 20.9 Å². The zero-order valence-electron chi connectivity index (χ0n) is 16.3. The predicted molar refractivity (Wildman–Crippen MR) is 120 cm³/mol. The second-order valence-electron chi connectivity index (χ2n) is 7.43. The maximum absolute atomic E-state index is 12.9. The summed E-state index contributed by atoms with van der Waals surface area (Å²) >= 11 is 4.69. The summed E-state index contributed by atoms with van der Waals surface area (Å²) in [7, 11) is 0. The summed E-state index contributed by atoms with van der Waals surface area (Å²) in [5, 5.41) is 5.03. The quantitative estimate of drug-likeness (QED) is 0.647. The van der Waals surface area contributed by atoms with Gasteiger partial charge < -0.3 is 15.5 Å². The Kier molecular flexibility index (Phi) is 6.43. The van der Waals surface area contributed by atoms with Crippen LogP contribution in [0.5, 0.6) is 0 Å². The summed E-state index contributed by atoms with van der Waals surface area (Å²) in [4.78, 5) is 40.5. The second-order valence-corrected chi connectivity index (χ2v) is 9.49. The van der Waals surface area contributed by atoms with Crippen LogP contribution < -0.4 is 10.6 Å². The number of carbonyl (C=O) groups excluding carboxylic acids is 3. The number of likely N-dealkylation sites (tertiary alicyclic amines) is 1. The molecule has 30 heavy (non-hydrogen) atoms. The second kappa shape index (κ2) is 9.22. The number of fused-ring (bicyclic) bond motifs is 1. The molecule has 1 unspecified atom stereocenters. The summed E-state index contributed by atoms with van der Waals surface area (Å²) in [5.41, 5.74) is 1.79. The van der Waals surface area contributed by atoms with Crippen LogP contribution in [0.4, 0.5) is 5.69 Å². The van der Waals surface area contributed by atoms with E-state index in [2.05, 4.69) is 26.6 Å². The molecular formula is C22H22BrN3O3S. The number of hydrogen-bond donors (Lipinski definition) is 2. The number of halogens is 1. The fourth-order valence-electron chi connectivity index (χ4n) is 3.68. The third kappa shape index (κ3) is 4.70. The Labute approximate surface area is 187 Å². The summed E-state index contributed by atoms with van der Waals surface area (Å²) in [6.45, 7) is 1.46. The van der Waals surface area contributed by atoms with E-state index in [0.717, 1.165) is 20.6 Å². The summed E-state index contributed by atoms with van der Waals surface area (Å²) in [5.74, 6) is -0.555. The average Bonchev–Trinajstić information content (AvgIpc) is 2.77. The van der Waals surface area contributed by atoms with Crippen LogP contribution >= 0.6 is 27.7 Å². The minimum Gasteiger partial charge on any atom is -0.352 e. The summed E-state index contributed by atoms with van der Waals surface area (Å²) in [6, 6.07) is 15.3. The van der Waals surface area contributed by atoms with Crippen molar-refractivity contribution >= 4 is 51.1 Å². The molecule has 2 aromatic carbocycles. The van der Waals surface area contributed by atoms with Gasteiger partial charge >= 0.3 is 0 Å². The van der Waals surface area contributed by atoms with Crippen LogP contribution in [0.3, 0.4) is 0 Å². The van der Waals surface area contributed by atoms with Gasteiger partial charge in [-0.25, -0.2) is 0 Å². The Bertz CT molecular complexity index is 958. The summed E-state index contributed by atoms with van der Waals surface area (Å²) in [6.07, 6.45) is 1.21. The van der Waals surface area contributed by atoms with Crippen molar-refractivity contribution in [3.8, 4) is 0 Å². The number of thioether (sulfide) groups is 1. The van der Waals surface area contributed by atoms with Gasteiger partial charge in [0.05, 0.1) is 5.69 Å². The van der Waals surface area contributed by atoms with Gasteiger partial charge in [-0.15, -0.1) is 11.8 Å². The molecule has 1 fully saturated rings. The predicted octanol–water partition coefficient (Wildman–Crippen LogP) is 3.42. The minimum atomic E-state index is -0.775. The molecule has 2 N–H and O–H groups in total. The molecule has 4 rings (SSSR count). The smallest absolute Gasteiger partial charge is 0.247 e. The number of nitrogens with one attached hydrogen (secondary N) is 2. The maximum atomic E-state index is 12.9. The Morgan fingerprint density at radius 3 is 2.53 bits per heavy atom. The highest BCUT2D eigenvalue weighted by Gasteiger charge is 2.37. The van der Waals surface area contributed by atoms with Crippen molar-refractivity contribution in [3.63, 3.8) is 0 Å². The zero-order valence-corrected chi connectivity index (χ0v) is 18.7. The molecule has 1 atom stereocenters. The highest BCUT2D eigenvalue weighted by Crippen LogP contribution is 2.36. The molecule has 0 spiro atoms. The fourth-order valence-corrected chi connectivity index (χ4v) is 5.01. The molecule has 0 aliphatic carbocycles. The van der Waals surface area contributed by atoms with Gasteiger partial charge in [0.2, 0.25) is 17.7 Å². The molecule has 6 nitrogen and oxygen atoms in total. The van der Waals surface area contributed by atoms with Gasteiger partial charge in [0, 0.05) is 34.9 Å². The molecule has 156 valence electrons. The lowest BCUT2D eigenvalue weighted by Gasteiger charge is -2.34. The van der Waals surface area contributed by atoms with Crippen LogP contribution in [0.2, 0.25) is 0 Å². The van der Waals surface area contributed by atoms with Gasteiger partial charge in [0.1, 0.15) is 0 Å². The highest BCUT2D eigenvalue weighted by atomic mass is 79.9. The molecule has 2 aliphatic heterocycles. The Hall–Kier alpha value is -2.32. The van der Waals surface area contributed by atoms with Crippen molar-refractivity contribution in [2.24, 2.45) is 5.92 Å². The molecular weight excluding hydrogens is 466 g/mol. The number of benzene rings is 2. The Morgan fingerprint density at radius 2 is 1.80 bits per heavy atom. The molecule has 2 heterocycles. The summed E-state index contributed by atoms with van der Waals surface area (Å²) < 4.78 is 1.00. The van der Waals surface area contributed by atoms with Crippen molar-refractivity contribution in [1.82, 2.24) is 10.2 Å². The first-order chi connectivity index (χ1) is 14.5. The van der Waals surface area contributed by atoms with Crippen molar-refractivity contribution in [2.75, 3.05) is 18.4 Å². The average molecular weight is 488 g/mol. The lowest BCUT2D eigenvalue weighted by molar-refractivity contribution is -0.137. The first-order valence-electron chi connectivity index (χ1n) is 9.89. The largest absolute Gasteiger partial charge is 0.352 e. The van der Waals surface area contributed by atoms with Crippen LogP contribution in [0.15, 0.2) is 57.9 Å². The van der Waals surface area contributed by atoms with Gasteiger partial charge in [-0.1, -0.05) is 40.2 Å². The van der Waals surface area contributed by atoms with Crippen molar-refractivity contribution < 1.29 is 14.4 Å². The molecule has 0 saturated carbocycles. The molecule has 0 bridgehead atoms. The minimum absolute atomic E-state index is 0.0173. The first-order valence-corrected chi connectivity index (χ1v) is 11.6. The van der Waals surface area contributed by atoms with Crippen LogP contribution in [0.25, 0.3) is 0 Å². The zero-order chi connectivity index (χ0) is 21.1. The van der Waals surface area contributed by atoms with E-state index in [0.29, 0.717) is 32.5 Å². The van der Waals surface area contributed by atoms with Crippen LogP contribution in [-0.4, -0.2) is 41.0 Å². The van der Waals surface area contributed by atoms with Gasteiger partial charge in [0.15, 0.2) is 5.25 Å². The number of amides is 3. The van der Waals surface area contributed by atoms with E-state index in [1.807, 2.05) is 48.5 Å². The first kappa shape index (κ1) is 20.9. The third-order valence-corrected chi connectivity index (χ3v) is 7.20. The van der Waals surface area contributed by atoms with E-state index in [-0.39, 0.29) is 23.6 Å². The van der Waals surface area contributed by atoms with Gasteiger partial charge in [-0.05, 0) is 42.7 Å². The number of nitrogens with zero attached hydrogens (tertiary/aromatic N) is 1. The monoisotopic (exact) mass is 487 g/mol. The number of rotatable bonds is 4. The van der Waals surface area contributed by atoms with E-state index in [1.54, 1.807) is 4.90 Å². The van der Waals surface area contributed by atoms with Gasteiger partial charge in [-0.2, -0.15) is 0 Å². The molecule has 0 radical (unpaired) electrons. The van der Waals surface area contributed by atoms with E-state index < -0.39 is 5.25 Å². The Balaban J connectivity index is 1.28. The fraction of sp³-hybridized carbons (Fsp3) is 0.318. The lowest BCUT2D eigenvalue weighted by atomic mass is 9.95. The molecule has 1 saturated heterocycles. The van der Waals surface area contributed by atoms with Crippen molar-refractivity contribution in [2.45, 2.75) is 29.5 Å². The van der Waals surface area contributed by atoms with Gasteiger partial charge in [-0.3, -0.25) is 14.4 Å². The normalized spacial score (nSPS) is 19.0. The van der Waals surface area contributed by atoms with Gasteiger partial charge in [0.25, 0.3) is 0 Å².